The first-order valence-corrected chi connectivity index (χ1v) is 7.32. The molecule has 1 N–H and O–H groups in total. The molecule has 4 atom stereocenters. The first kappa shape index (κ1) is 16.9. The van der Waals surface area contributed by atoms with Crippen LogP contribution < -0.4 is 5.32 Å². The molecule has 0 bridgehead atoms. The molecule has 0 spiro atoms. The summed E-state index contributed by atoms with van der Waals surface area (Å²) in [5.74, 6) is 0.619. The van der Waals surface area contributed by atoms with Gasteiger partial charge in [-0.1, -0.05) is 34.1 Å². The summed E-state index contributed by atoms with van der Waals surface area (Å²) in [5.41, 5.74) is 0.0130. The Labute approximate surface area is 109 Å². The van der Waals surface area contributed by atoms with Gasteiger partial charge in [-0.05, 0) is 46.1 Å². The van der Waals surface area contributed by atoms with E-state index in [1.165, 1.54) is 12.8 Å². The van der Waals surface area contributed by atoms with Crippen molar-refractivity contribution >= 4 is 0 Å². The fourth-order valence-corrected chi connectivity index (χ4v) is 2.30. The Morgan fingerprint density at radius 2 is 1.71 bits per heavy atom. The highest BCUT2D eigenvalue weighted by Gasteiger charge is 2.32. The van der Waals surface area contributed by atoms with Crippen LogP contribution in [0.5, 0.6) is 0 Å². The van der Waals surface area contributed by atoms with Crippen LogP contribution in [-0.4, -0.2) is 24.3 Å². The van der Waals surface area contributed by atoms with Crippen molar-refractivity contribution in [2.75, 3.05) is 6.54 Å². The normalized spacial score (nSPS) is 20.6. The van der Waals surface area contributed by atoms with E-state index in [1.54, 1.807) is 0 Å². The van der Waals surface area contributed by atoms with E-state index in [0.29, 0.717) is 12.0 Å². The topological polar surface area (TPSA) is 21.3 Å². The van der Waals surface area contributed by atoms with Crippen LogP contribution in [0.3, 0.4) is 0 Å². The minimum Gasteiger partial charge on any atom is -0.370 e. The Morgan fingerprint density at radius 1 is 1.12 bits per heavy atom. The monoisotopic (exact) mass is 243 g/mol. The molecule has 0 heterocycles. The van der Waals surface area contributed by atoms with Crippen LogP contribution in [0.15, 0.2) is 0 Å². The minimum absolute atomic E-state index is 0.0130. The van der Waals surface area contributed by atoms with Crippen LogP contribution in [-0.2, 0) is 4.74 Å². The standard InChI is InChI=1S/C15H33NO/c1-8-11-12(4)15(7,9-2)17-14(6)13(5)16-10-3/h12-14,16H,8-11H2,1-7H3/t12-,13-,14-,15?/m1/s1. The summed E-state index contributed by atoms with van der Waals surface area (Å²) in [6.45, 7) is 16.6. The third-order valence-electron chi connectivity index (χ3n) is 4.15. The average Bonchev–Trinajstić information content (AvgIpc) is 2.29. The molecule has 0 aliphatic rings. The summed E-state index contributed by atoms with van der Waals surface area (Å²) in [6, 6.07) is 0.416. The zero-order chi connectivity index (χ0) is 13.5. The molecular formula is C15H33NO. The van der Waals surface area contributed by atoms with Crippen molar-refractivity contribution in [1.29, 1.82) is 0 Å². The van der Waals surface area contributed by atoms with E-state index in [2.05, 4.69) is 53.8 Å². The molecule has 0 fully saturated rings. The van der Waals surface area contributed by atoms with E-state index in [-0.39, 0.29) is 11.7 Å². The van der Waals surface area contributed by atoms with Gasteiger partial charge in [-0.2, -0.15) is 0 Å². The van der Waals surface area contributed by atoms with Crippen molar-refractivity contribution in [1.82, 2.24) is 5.32 Å². The second kappa shape index (κ2) is 8.10. The van der Waals surface area contributed by atoms with Gasteiger partial charge < -0.3 is 10.1 Å². The number of ether oxygens (including phenoxy) is 1. The largest absolute Gasteiger partial charge is 0.370 e. The smallest absolute Gasteiger partial charge is 0.0704 e. The predicted molar refractivity (Wildman–Crippen MR) is 76.5 cm³/mol. The summed E-state index contributed by atoms with van der Waals surface area (Å²) >= 11 is 0. The van der Waals surface area contributed by atoms with E-state index in [9.17, 15) is 0 Å². The molecule has 1 unspecified atom stereocenters. The van der Waals surface area contributed by atoms with Gasteiger partial charge in [-0.3, -0.25) is 0 Å². The summed E-state index contributed by atoms with van der Waals surface area (Å²) < 4.78 is 6.35. The third-order valence-corrected chi connectivity index (χ3v) is 4.15. The molecule has 0 aliphatic heterocycles. The Morgan fingerprint density at radius 3 is 2.12 bits per heavy atom. The van der Waals surface area contributed by atoms with Gasteiger partial charge in [0.05, 0.1) is 11.7 Å². The molecule has 2 heteroatoms. The van der Waals surface area contributed by atoms with Gasteiger partial charge in [0.2, 0.25) is 0 Å². The molecule has 0 radical (unpaired) electrons. The third kappa shape index (κ3) is 5.39. The lowest BCUT2D eigenvalue weighted by Crippen LogP contribution is -2.45. The van der Waals surface area contributed by atoms with Gasteiger partial charge in [0.15, 0.2) is 0 Å². The fourth-order valence-electron chi connectivity index (χ4n) is 2.30. The van der Waals surface area contributed by atoms with E-state index >= 15 is 0 Å². The van der Waals surface area contributed by atoms with Gasteiger partial charge in [0.25, 0.3) is 0 Å². The minimum atomic E-state index is 0.0130. The second-order valence-electron chi connectivity index (χ2n) is 5.53. The Balaban J connectivity index is 4.45. The lowest BCUT2D eigenvalue weighted by atomic mass is 9.84. The number of hydrogen-bond acceptors (Lipinski definition) is 2. The maximum atomic E-state index is 6.35. The number of hydrogen-bond donors (Lipinski definition) is 1. The highest BCUT2D eigenvalue weighted by molar-refractivity contribution is 4.83. The quantitative estimate of drug-likeness (QED) is 0.661. The van der Waals surface area contributed by atoms with Crippen LogP contribution in [0.1, 0.15) is 67.7 Å². The number of nitrogens with one attached hydrogen (secondary N) is 1. The predicted octanol–water partition coefficient (Wildman–Crippen LogP) is 3.99. The molecule has 0 amide bonds. The maximum Gasteiger partial charge on any atom is 0.0704 e. The average molecular weight is 243 g/mol. The summed E-state index contributed by atoms with van der Waals surface area (Å²) in [7, 11) is 0. The lowest BCUT2D eigenvalue weighted by molar-refractivity contribution is -0.119. The molecule has 0 aromatic heterocycles. The molecule has 104 valence electrons. The van der Waals surface area contributed by atoms with Gasteiger partial charge in [-0.25, -0.2) is 0 Å². The van der Waals surface area contributed by atoms with Crippen LogP contribution >= 0.6 is 0 Å². The van der Waals surface area contributed by atoms with Crippen molar-refractivity contribution in [2.24, 2.45) is 5.92 Å². The Bertz CT molecular complexity index is 195. The molecule has 0 saturated heterocycles. The van der Waals surface area contributed by atoms with Crippen molar-refractivity contribution in [3.05, 3.63) is 0 Å². The molecule has 0 saturated carbocycles. The van der Waals surface area contributed by atoms with Crippen molar-refractivity contribution < 1.29 is 4.74 Å². The second-order valence-corrected chi connectivity index (χ2v) is 5.53. The Hall–Kier alpha value is -0.0800. The Kier molecular flexibility index (Phi) is 8.06. The fraction of sp³-hybridized carbons (Fsp3) is 1.00. The van der Waals surface area contributed by atoms with Gasteiger partial charge in [-0.15, -0.1) is 0 Å². The SMILES string of the molecule is CCC[C@@H](C)C(C)(CC)O[C@H](C)[C@@H](C)NCC. The molecule has 0 aromatic rings. The van der Waals surface area contributed by atoms with Gasteiger partial charge >= 0.3 is 0 Å². The van der Waals surface area contributed by atoms with Crippen LogP contribution in [0, 0.1) is 5.92 Å². The van der Waals surface area contributed by atoms with Gasteiger partial charge in [0.1, 0.15) is 0 Å². The summed E-state index contributed by atoms with van der Waals surface area (Å²) in [6.07, 6.45) is 3.82. The van der Waals surface area contributed by atoms with Crippen LogP contribution in [0.25, 0.3) is 0 Å². The molecule has 17 heavy (non-hydrogen) atoms. The molecule has 0 aliphatic carbocycles. The maximum absolute atomic E-state index is 6.35. The van der Waals surface area contributed by atoms with E-state index < -0.39 is 0 Å². The van der Waals surface area contributed by atoms with E-state index in [4.69, 9.17) is 4.74 Å². The van der Waals surface area contributed by atoms with E-state index in [0.717, 1.165) is 13.0 Å². The van der Waals surface area contributed by atoms with Crippen molar-refractivity contribution in [2.45, 2.75) is 85.5 Å². The zero-order valence-corrected chi connectivity index (χ0v) is 13.0. The molecule has 0 aromatic carbocycles. The highest BCUT2D eigenvalue weighted by atomic mass is 16.5. The summed E-state index contributed by atoms with van der Waals surface area (Å²) in [5, 5.41) is 3.44. The number of rotatable bonds is 9. The first-order chi connectivity index (χ1) is 7.91. The first-order valence-electron chi connectivity index (χ1n) is 7.32. The van der Waals surface area contributed by atoms with Crippen LogP contribution in [0.4, 0.5) is 0 Å². The van der Waals surface area contributed by atoms with Crippen molar-refractivity contribution in [3.8, 4) is 0 Å². The zero-order valence-electron chi connectivity index (χ0n) is 13.0. The number of likely N-dealkylation sites (N-methyl/N-ethyl adjacent to an activating group) is 1. The highest BCUT2D eigenvalue weighted by Crippen LogP contribution is 2.30. The molecular weight excluding hydrogens is 210 g/mol. The van der Waals surface area contributed by atoms with Crippen LogP contribution in [0.2, 0.25) is 0 Å². The van der Waals surface area contributed by atoms with Gasteiger partial charge in [0, 0.05) is 6.04 Å². The summed E-state index contributed by atoms with van der Waals surface area (Å²) in [4.78, 5) is 0. The van der Waals surface area contributed by atoms with Crippen molar-refractivity contribution in [3.63, 3.8) is 0 Å². The lowest BCUT2D eigenvalue weighted by Gasteiger charge is -2.39. The molecule has 2 nitrogen and oxygen atoms in total. The van der Waals surface area contributed by atoms with E-state index in [1.807, 2.05) is 0 Å². The molecule has 0 rings (SSSR count).